The summed E-state index contributed by atoms with van der Waals surface area (Å²) < 4.78 is 5.13. The molecule has 3 aromatic carbocycles. The average molecular weight is 415 g/mol. The highest BCUT2D eigenvalue weighted by Gasteiger charge is 2.50. The maximum Gasteiger partial charge on any atom is 0.264 e. The van der Waals surface area contributed by atoms with Crippen LogP contribution in [0.3, 0.4) is 0 Å². The van der Waals surface area contributed by atoms with Crippen molar-refractivity contribution in [1.82, 2.24) is 0 Å². The molecule has 1 atom stereocenters. The highest BCUT2D eigenvalue weighted by molar-refractivity contribution is 6.10. The van der Waals surface area contributed by atoms with Gasteiger partial charge in [0.2, 0.25) is 0 Å². The summed E-state index contributed by atoms with van der Waals surface area (Å²) in [5.74, 6) is -0.0924. The molecule has 0 saturated heterocycles. The zero-order valence-electron chi connectivity index (χ0n) is 17.5. The van der Waals surface area contributed by atoms with E-state index in [-0.39, 0.29) is 12.2 Å². The first-order valence-electron chi connectivity index (χ1n) is 10.4. The van der Waals surface area contributed by atoms with Gasteiger partial charge in [-0.1, -0.05) is 48.5 Å². The lowest BCUT2D eigenvalue weighted by Crippen LogP contribution is -2.42. The van der Waals surface area contributed by atoms with Crippen molar-refractivity contribution in [1.29, 1.82) is 0 Å². The number of carbonyl (C=O) groups excluding carboxylic acids is 2. The molecule has 158 valence electrons. The maximum atomic E-state index is 13.3. The first kappa shape index (κ1) is 20.8. The normalized spacial score (nSPS) is 17.5. The Morgan fingerprint density at radius 1 is 0.968 bits per heavy atom. The lowest BCUT2D eigenvalue weighted by atomic mass is 9.88. The van der Waals surface area contributed by atoms with Crippen LogP contribution in [0.25, 0.3) is 0 Å². The van der Waals surface area contributed by atoms with E-state index in [9.17, 15) is 14.7 Å². The summed E-state index contributed by atoms with van der Waals surface area (Å²) in [6, 6.07) is 23.9. The molecule has 4 rings (SSSR count). The van der Waals surface area contributed by atoms with Crippen molar-refractivity contribution < 1.29 is 19.4 Å². The van der Waals surface area contributed by atoms with Gasteiger partial charge in [0.25, 0.3) is 5.91 Å². The van der Waals surface area contributed by atoms with Crippen molar-refractivity contribution in [2.75, 3.05) is 18.6 Å². The van der Waals surface area contributed by atoms with Gasteiger partial charge in [-0.05, 0) is 48.7 Å². The number of Topliss-reactive ketones (excluding diaryl/α,β-unsaturated/α-hetero) is 1. The molecule has 31 heavy (non-hydrogen) atoms. The van der Waals surface area contributed by atoms with Gasteiger partial charge in [-0.25, -0.2) is 0 Å². The average Bonchev–Trinajstić information content (AvgIpc) is 3.01. The molecule has 0 bridgehead atoms. The highest BCUT2D eigenvalue weighted by atomic mass is 16.5. The van der Waals surface area contributed by atoms with Crippen LogP contribution < -0.4 is 9.64 Å². The number of methoxy groups -OCH3 is 1. The fourth-order valence-corrected chi connectivity index (χ4v) is 4.10. The molecule has 5 nitrogen and oxygen atoms in total. The number of para-hydroxylation sites is 1. The third-order valence-corrected chi connectivity index (χ3v) is 5.76. The molecular weight excluding hydrogens is 390 g/mol. The predicted molar refractivity (Wildman–Crippen MR) is 119 cm³/mol. The number of hydrogen-bond acceptors (Lipinski definition) is 4. The fraction of sp³-hybridized carbons (Fsp3) is 0.231. The number of ketones is 1. The van der Waals surface area contributed by atoms with Crippen LogP contribution >= 0.6 is 0 Å². The van der Waals surface area contributed by atoms with Gasteiger partial charge in [0.15, 0.2) is 11.4 Å². The van der Waals surface area contributed by atoms with Crippen LogP contribution in [0.15, 0.2) is 78.9 Å². The van der Waals surface area contributed by atoms with E-state index in [1.54, 1.807) is 48.4 Å². The van der Waals surface area contributed by atoms with Gasteiger partial charge in [0, 0.05) is 17.7 Å². The topological polar surface area (TPSA) is 66.8 Å². The Morgan fingerprint density at radius 2 is 1.65 bits per heavy atom. The predicted octanol–water partition coefficient (Wildman–Crippen LogP) is 4.14. The highest BCUT2D eigenvalue weighted by Crippen LogP contribution is 2.43. The molecule has 0 saturated carbocycles. The van der Waals surface area contributed by atoms with Crippen molar-refractivity contribution in [2.45, 2.75) is 24.9 Å². The molecule has 1 N–H and O–H groups in total. The summed E-state index contributed by atoms with van der Waals surface area (Å²) in [6.45, 7) is 0.476. The first-order chi connectivity index (χ1) is 15.0. The minimum atomic E-state index is -1.86. The number of aryl methyl sites for hydroxylation is 1. The van der Waals surface area contributed by atoms with Gasteiger partial charge in [0.1, 0.15) is 5.75 Å². The largest absolute Gasteiger partial charge is 0.497 e. The Morgan fingerprint density at radius 3 is 2.35 bits per heavy atom. The molecule has 0 unspecified atom stereocenters. The van der Waals surface area contributed by atoms with E-state index in [4.69, 9.17) is 4.74 Å². The van der Waals surface area contributed by atoms with Gasteiger partial charge < -0.3 is 14.7 Å². The number of anilines is 1. The second-order valence-electron chi connectivity index (χ2n) is 7.75. The number of ether oxygens (including phenoxy) is 1. The third-order valence-electron chi connectivity index (χ3n) is 5.76. The molecular formula is C26H25NO4. The first-order valence-corrected chi connectivity index (χ1v) is 10.4. The van der Waals surface area contributed by atoms with E-state index >= 15 is 0 Å². The molecule has 0 spiro atoms. The SMILES string of the molecule is COc1ccc(C(=O)C[C@@]2(O)C(=O)N(CCCc3ccccc3)c3ccccc32)cc1. The van der Waals surface area contributed by atoms with E-state index in [1.165, 1.54) is 5.56 Å². The van der Waals surface area contributed by atoms with Crippen molar-refractivity contribution in [2.24, 2.45) is 0 Å². The van der Waals surface area contributed by atoms with Crippen molar-refractivity contribution >= 4 is 17.4 Å². The Balaban J connectivity index is 1.53. The molecule has 0 fully saturated rings. The van der Waals surface area contributed by atoms with E-state index in [0.29, 0.717) is 29.1 Å². The Kier molecular flexibility index (Phi) is 5.87. The summed E-state index contributed by atoms with van der Waals surface area (Å²) in [4.78, 5) is 27.8. The summed E-state index contributed by atoms with van der Waals surface area (Å²) in [6.07, 6.45) is 1.28. The standard InChI is InChI=1S/C26H25NO4/c1-31-21-15-13-20(14-16-21)24(28)18-26(30)22-11-5-6-12-23(22)27(25(26)29)17-7-10-19-8-3-2-4-9-19/h2-6,8-9,11-16,30H,7,10,17-18H2,1H3/t26-/m0/s1. The molecule has 1 aliphatic heterocycles. The zero-order valence-corrected chi connectivity index (χ0v) is 17.5. The number of benzene rings is 3. The molecule has 3 aromatic rings. The summed E-state index contributed by atoms with van der Waals surface area (Å²) in [5.41, 5.74) is 0.932. The van der Waals surface area contributed by atoms with Crippen LogP contribution in [-0.4, -0.2) is 30.5 Å². The number of aliphatic hydroxyl groups is 1. The van der Waals surface area contributed by atoms with Gasteiger partial charge in [0.05, 0.1) is 19.2 Å². The molecule has 0 radical (unpaired) electrons. The fourth-order valence-electron chi connectivity index (χ4n) is 4.10. The molecule has 1 aliphatic rings. The zero-order chi connectivity index (χ0) is 21.8. The minimum absolute atomic E-state index is 0.292. The van der Waals surface area contributed by atoms with Crippen LogP contribution in [-0.2, 0) is 16.8 Å². The van der Waals surface area contributed by atoms with E-state index in [2.05, 4.69) is 12.1 Å². The maximum absolute atomic E-state index is 13.3. The Bertz CT molecular complexity index is 1080. The van der Waals surface area contributed by atoms with Crippen LogP contribution in [0.4, 0.5) is 5.69 Å². The summed E-state index contributed by atoms with van der Waals surface area (Å²) in [7, 11) is 1.56. The summed E-state index contributed by atoms with van der Waals surface area (Å²) in [5, 5.41) is 11.4. The van der Waals surface area contributed by atoms with Gasteiger partial charge in [-0.3, -0.25) is 9.59 Å². The quantitative estimate of drug-likeness (QED) is 0.562. The molecule has 0 aliphatic carbocycles. The second-order valence-corrected chi connectivity index (χ2v) is 7.75. The minimum Gasteiger partial charge on any atom is -0.497 e. The van der Waals surface area contributed by atoms with E-state index in [0.717, 1.165) is 12.8 Å². The Labute approximate surface area is 181 Å². The number of hydrogen-bond donors (Lipinski definition) is 1. The smallest absolute Gasteiger partial charge is 0.264 e. The number of amides is 1. The van der Waals surface area contributed by atoms with Gasteiger partial charge in [-0.2, -0.15) is 0 Å². The van der Waals surface area contributed by atoms with Crippen LogP contribution in [0, 0.1) is 0 Å². The lowest BCUT2D eigenvalue weighted by molar-refractivity contribution is -0.135. The second kappa shape index (κ2) is 8.74. The lowest BCUT2D eigenvalue weighted by Gasteiger charge is -2.23. The Hall–Kier alpha value is -3.44. The number of rotatable bonds is 8. The van der Waals surface area contributed by atoms with Crippen LogP contribution in [0.2, 0.25) is 0 Å². The van der Waals surface area contributed by atoms with Gasteiger partial charge >= 0.3 is 0 Å². The van der Waals surface area contributed by atoms with Crippen molar-refractivity contribution in [3.8, 4) is 5.75 Å². The third kappa shape index (κ3) is 4.09. The monoisotopic (exact) mass is 415 g/mol. The van der Waals surface area contributed by atoms with Crippen LogP contribution in [0.1, 0.15) is 34.3 Å². The summed E-state index contributed by atoms with van der Waals surface area (Å²) >= 11 is 0. The molecule has 1 heterocycles. The van der Waals surface area contributed by atoms with Crippen molar-refractivity contribution in [3.05, 3.63) is 95.6 Å². The molecule has 1 amide bonds. The van der Waals surface area contributed by atoms with Gasteiger partial charge in [-0.15, -0.1) is 0 Å². The van der Waals surface area contributed by atoms with Crippen LogP contribution in [0.5, 0.6) is 5.75 Å². The van der Waals surface area contributed by atoms with Crippen molar-refractivity contribution in [3.63, 3.8) is 0 Å². The molecule has 5 heteroatoms. The van der Waals surface area contributed by atoms with E-state index < -0.39 is 11.5 Å². The van der Waals surface area contributed by atoms with E-state index in [1.807, 2.05) is 30.3 Å². The number of carbonyl (C=O) groups is 2. The number of fused-ring (bicyclic) bond motifs is 1. The molecule has 0 aromatic heterocycles. The number of nitrogens with zero attached hydrogens (tertiary/aromatic N) is 1.